The van der Waals surface area contributed by atoms with Gasteiger partial charge in [0, 0.05) is 17.9 Å². The van der Waals surface area contributed by atoms with Gasteiger partial charge in [-0.3, -0.25) is 19.2 Å². The van der Waals surface area contributed by atoms with E-state index < -0.39 is 40.4 Å². The smallest absolute Gasteiger partial charge is 0.324 e. The summed E-state index contributed by atoms with van der Waals surface area (Å²) in [4.78, 5) is 52.5. The number of hydrogen-bond acceptors (Lipinski definition) is 6. The van der Waals surface area contributed by atoms with E-state index in [2.05, 4.69) is 34.6 Å². The molecule has 216 valence electrons. The molecule has 4 saturated carbocycles. The van der Waals surface area contributed by atoms with Gasteiger partial charge < -0.3 is 9.47 Å². The van der Waals surface area contributed by atoms with E-state index in [0.29, 0.717) is 30.8 Å². The quantitative estimate of drug-likeness (QED) is 0.238. The molecule has 0 radical (unpaired) electrons. The van der Waals surface area contributed by atoms with Crippen molar-refractivity contribution >= 4 is 23.5 Å². The molecule has 0 aromatic heterocycles. The molecule has 5 aliphatic rings. The maximum Gasteiger partial charge on any atom is 0.324 e. The molecule has 0 bridgehead atoms. The van der Waals surface area contributed by atoms with Crippen molar-refractivity contribution in [3.8, 4) is 0 Å². The molecule has 0 spiro atoms. The molecule has 0 aromatic rings. The van der Waals surface area contributed by atoms with Gasteiger partial charge in [0.1, 0.15) is 6.08 Å². The number of methoxy groups -OCH3 is 1. The van der Waals surface area contributed by atoms with Crippen molar-refractivity contribution in [2.45, 2.75) is 113 Å². The van der Waals surface area contributed by atoms with Gasteiger partial charge in [-0.25, -0.2) is 0 Å². The lowest BCUT2D eigenvalue weighted by atomic mass is 9.33. The first-order valence-corrected chi connectivity index (χ1v) is 15.0. The lowest BCUT2D eigenvalue weighted by Gasteiger charge is -2.71. The predicted molar refractivity (Wildman–Crippen MR) is 147 cm³/mol. The fourth-order valence-corrected chi connectivity index (χ4v) is 11.0. The molecule has 4 fully saturated rings. The molecule has 0 N–H and O–H groups in total. The van der Waals surface area contributed by atoms with Crippen LogP contribution in [0.15, 0.2) is 11.1 Å². The first-order valence-electron chi connectivity index (χ1n) is 15.5. The van der Waals surface area contributed by atoms with Crippen molar-refractivity contribution < 1.29 is 30.0 Å². The van der Waals surface area contributed by atoms with Crippen LogP contribution in [0.5, 0.6) is 0 Å². The van der Waals surface area contributed by atoms with Crippen LogP contribution in [-0.4, -0.2) is 36.7 Å². The Hall–Kier alpha value is -1.98. The highest BCUT2D eigenvalue weighted by atomic mass is 16.5. The first kappa shape index (κ1) is 27.2. The van der Waals surface area contributed by atoms with Crippen molar-refractivity contribution in [3.05, 3.63) is 11.1 Å². The summed E-state index contributed by atoms with van der Waals surface area (Å²) in [7, 11) is 1.32. The van der Waals surface area contributed by atoms with E-state index in [9.17, 15) is 20.5 Å². The minimum atomic E-state index is -1.47. The van der Waals surface area contributed by atoms with Crippen molar-refractivity contribution in [2.75, 3.05) is 7.11 Å². The fourth-order valence-electron chi connectivity index (χ4n) is 11.0. The third-order valence-corrected chi connectivity index (χ3v) is 12.9. The number of ketones is 2. The van der Waals surface area contributed by atoms with Crippen LogP contribution >= 0.6 is 0 Å². The van der Waals surface area contributed by atoms with Crippen LogP contribution < -0.4 is 0 Å². The lowest BCUT2D eigenvalue weighted by molar-refractivity contribution is -0.232. The Labute approximate surface area is 235 Å². The number of ether oxygens (including phenoxy) is 2. The third-order valence-electron chi connectivity index (χ3n) is 12.9. The summed E-state index contributed by atoms with van der Waals surface area (Å²) in [6.07, 6.45) is 4.74. The van der Waals surface area contributed by atoms with Gasteiger partial charge in [-0.2, -0.15) is 0 Å². The average Bonchev–Trinajstić information content (AvgIpc) is 3.09. The summed E-state index contributed by atoms with van der Waals surface area (Å²) in [5.41, 5.74) is -0.968. The Bertz CT molecular complexity index is 1220. The van der Waals surface area contributed by atoms with E-state index in [1.165, 1.54) is 14.0 Å². The molecule has 6 heteroatoms. The number of rotatable bonds is 3. The molecular formula is C33H48O6. The molecule has 5 aliphatic carbocycles. The monoisotopic (exact) mass is 541 g/mol. The lowest BCUT2D eigenvalue weighted by Crippen LogP contribution is -2.66. The van der Waals surface area contributed by atoms with E-state index in [0.717, 1.165) is 37.7 Å². The highest BCUT2D eigenvalue weighted by Gasteiger charge is 2.73. The van der Waals surface area contributed by atoms with Crippen molar-refractivity contribution in [2.24, 2.45) is 50.7 Å². The topological polar surface area (TPSA) is 86.7 Å². The number of allylic oxidation sites excluding steroid dienone is 1. The molecule has 0 aliphatic heterocycles. The standard InChI is InChI=1S/C33H48O6/c1-18(2)24-25-20-10-11-22-30(6)14-13-23(39-19(3)34)29(4,5)21(30)12-15-32(22,8)31(20,7)16-17-33(25,28(37)38-9)27(36)26(24)35/h18,20-23H,10-17H2,1-9H3/t20-,21+,22-,23+,30+,31-,32-,33+/m1/s1/i23D. The zero-order chi connectivity index (χ0) is 29.8. The van der Waals surface area contributed by atoms with Gasteiger partial charge in [-0.05, 0) is 96.9 Å². The van der Waals surface area contributed by atoms with Crippen LogP contribution in [-0.2, 0) is 28.7 Å². The fraction of sp³-hybridized carbons (Fsp3) is 0.818. The maximum absolute atomic E-state index is 13.6. The molecule has 6 nitrogen and oxygen atoms in total. The van der Waals surface area contributed by atoms with E-state index in [1.807, 2.05) is 13.8 Å². The van der Waals surface area contributed by atoms with Crippen LogP contribution in [0.1, 0.15) is 108 Å². The van der Waals surface area contributed by atoms with Crippen molar-refractivity contribution in [1.29, 1.82) is 0 Å². The van der Waals surface area contributed by atoms with Gasteiger partial charge in [0.15, 0.2) is 5.41 Å². The number of Topliss-reactive ketones (excluding diaryl/α,β-unsaturated/α-hetero) is 2. The molecular weight excluding hydrogens is 492 g/mol. The molecule has 0 aromatic carbocycles. The summed E-state index contributed by atoms with van der Waals surface area (Å²) in [6.45, 7) is 16.7. The second-order valence-corrected chi connectivity index (χ2v) is 14.9. The Morgan fingerprint density at radius 3 is 2.15 bits per heavy atom. The molecule has 8 atom stereocenters. The van der Waals surface area contributed by atoms with Gasteiger partial charge in [-0.1, -0.05) is 48.5 Å². The highest BCUT2D eigenvalue weighted by molar-refractivity contribution is 6.52. The molecule has 39 heavy (non-hydrogen) atoms. The normalized spacial score (nSPS) is 47.0. The molecule has 0 heterocycles. The number of hydrogen-bond donors (Lipinski definition) is 0. The van der Waals surface area contributed by atoms with Crippen molar-refractivity contribution in [1.82, 2.24) is 0 Å². The van der Waals surface area contributed by atoms with Gasteiger partial charge in [0.05, 0.1) is 8.48 Å². The van der Waals surface area contributed by atoms with E-state index in [-0.39, 0.29) is 34.0 Å². The van der Waals surface area contributed by atoms with Gasteiger partial charge in [0.2, 0.25) is 11.6 Å². The predicted octanol–water partition coefficient (Wildman–Crippen LogP) is 6.25. The maximum atomic E-state index is 13.6. The second-order valence-electron chi connectivity index (χ2n) is 14.9. The zero-order valence-electron chi connectivity index (χ0n) is 26.4. The van der Waals surface area contributed by atoms with E-state index >= 15 is 0 Å². The largest absolute Gasteiger partial charge is 0.468 e. The summed E-state index contributed by atoms with van der Waals surface area (Å²) < 4.78 is 20.2. The zero-order valence-corrected chi connectivity index (χ0v) is 25.4. The Kier molecular flexibility index (Phi) is 6.11. The molecule has 0 saturated heterocycles. The Balaban J connectivity index is 1.60. The molecule has 0 unspecified atom stereocenters. The Morgan fingerprint density at radius 2 is 1.56 bits per heavy atom. The SMILES string of the molecule is [2H][C@]1(OC(C)=O)CC[C@]2(C)[C@H]3CC[C@@H]4C5=C(C(C)C)C(=O)C(=O)[C@]5(C(=O)OC)CC[C@@]4(C)[C@]3(C)CC[C@H]2C1(C)C. The number of carbonyl (C=O) groups is 4. The van der Waals surface area contributed by atoms with Gasteiger partial charge in [0.25, 0.3) is 0 Å². The van der Waals surface area contributed by atoms with E-state index in [4.69, 9.17) is 9.47 Å². The first-order chi connectivity index (χ1) is 18.4. The summed E-state index contributed by atoms with van der Waals surface area (Å²) in [5, 5.41) is 0. The highest BCUT2D eigenvalue weighted by Crippen LogP contribution is 2.76. The van der Waals surface area contributed by atoms with Crippen LogP contribution in [0, 0.1) is 50.7 Å². The third kappa shape index (κ3) is 3.38. The number of fused-ring (bicyclic) bond motifs is 7. The van der Waals surface area contributed by atoms with Crippen LogP contribution in [0.4, 0.5) is 0 Å². The van der Waals surface area contributed by atoms with Crippen molar-refractivity contribution in [3.63, 3.8) is 0 Å². The molecule has 5 rings (SSSR count). The van der Waals surface area contributed by atoms with Crippen LogP contribution in [0.2, 0.25) is 0 Å². The average molecular weight is 542 g/mol. The second kappa shape index (κ2) is 8.76. The number of carbonyl (C=O) groups excluding carboxylic acids is 4. The minimum absolute atomic E-state index is 0.0390. The molecule has 0 amide bonds. The van der Waals surface area contributed by atoms with Gasteiger partial charge >= 0.3 is 11.9 Å². The van der Waals surface area contributed by atoms with Crippen LogP contribution in [0.3, 0.4) is 0 Å². The minimum Gasteiger partial charge on any atom is -0.468 e. The number of esters is 2. The van der Waals surface area contributed by atoms with Crippen LogP contribution in [0.25, 0.3) is 0 Å². The summed E-state index contributed by atoms with van der Waals surface area (Å²) in [5.74, 6) is -1.64. The Morgan fingerprint density at radius 1 is 0.897 bits per heavy atom. The van der Waals surface area contributed by atoms with E-state index in [1.54, 1.807) is 0 Å². The summed E-state index contributed by atoms with van der Waals surface area (Å²) in [6, 6.07) is 0. The van der Waals surface area contributed by atoms with Gasteiger partial charge in [-0.15, -0.1) is 0 Å². The summed E-state index contributed by atoms with van der Waals surface area (Å²) >= 11 is 0.